The minimum atomic E-state index is -3.27. The minimum Gasteiger partial charge on any atom is -0.496 e. The molecule has 10 heteroatoms. The molecule has 0 atom stereocenters. The van der Waals surface area contributed by atoms with Gasteiger partial charge >= 0.3 is 5.97 Å². The number of rotatable bonds is 6. The SMILES string of the molecule is COc1cc(C(=O)OCC(=O)N2CCN(S(C)(=O)=O)CC2)cc(OC)c1C. The fraction of sp³-hybridized carbons (Fsp3) is 0.529. The number of carbonyl (C=O) groups excluding carboxylic acids is 2. The molecule has 0 spiro atoms. The van der Waals surface area contributed by atoms with Crippen molar-refractivity contribution in [3.63, 3.8) is 0 Å². The lowest BCUT2D eigenvalue weighted by Gasteiger charge is -2.33. The van der Waals surface area contributed by atoms with Crippen LogP contribution < -0.4 is 9.47 Å². The predicted molar refractivity (Wildman–Crippen MR) is 97.6 cm³/mol. The molecule has 1 amide bonds. The number of amides is 1. The van der Waals surface area contributed by atoms with Crippen LogP contribution in [0.25, 0.3) is 0 Å². The maximum absolute atomic E-state index is 12.3. The van der Waals surface area contributed by atoms with Crippen LogP contribution in [0.1, 0.15) is 15.9 Å². The minimum absolute atomic E-state index is 0.212. The summed E-state index contributed by atoms with van der Waals surface area (Å²) in [5, 5.41) is 0. The topological polar surface area (TPSA) is 102 Å². The Bertz CT molecular complexity index is 790. The van der Waals surface area contributed by atoms with Crippen molar-refractivity contribution in [3.05, 3.63) is 23.3 Å². The summed E-state index contributed by atoms with van der Waals surface area (Å²) in [6.45, 7) is 2.35. The van der Waals surface area contributed by atoms with Gasteiger partial charge in [-0.1, -0.05) is 0 Å². The summed E-state index contributed by atoms with van der Waals surface area (Å²) in [5.74, 6) is -0.0914. The maximum atomic E-state index is 12.3. The van der Waals surface area contributed by atoms with E-state index >= 15 is 0 Å². The normalized spacial score (nSPS) is 15.3. The van der Waals surface area contributed by atoms with Crippen LogP contribution in [0.15, 0.2) is 12.1 Å². The number of piperazine rings is 1. The van der Waals surface area contributed by atoms with Crippen LogP contribution in [-0.4, -0.2) is 82.8 Å². The van der Waals surface area contributed by atoms with E-state index in [1.807, 2.05) is 0 Å². The van der Waals surface area contributed by atoms with Crippen molar-refractivity contribution in [1.82, 2.24) is 9.21 Å². The van der Waals surface area contributed by atoms with Gasteiger partial charge in [0.05, 0.1) is 26.0 Å². The number of carbonyl (C=O) groups is 2. The van der Waals surface area contributed by atoms with E-state index in [1.54, 1.807) is 6.92 Å². The van der Waals surface area contributed by atoms with Crippen molar-refractivity contribution in [2.45, 2.75) is 6.92 Å². The quantitative estimate of drug-likeness (QED) is 0.632. The molecule has 1 aliphatic rings. The zero-order valence-corrected chi connectivity index (χ0v) is 16.7. The molecular weight excluding hydrogens is 376 g/mol. The first-order chi connectivity index (χ1) is 12.7. The Morgan fingerprint density at radius 1 is 1.04 bits per heavy atom. The Labute approximate surface area is 158 Å². The van der Waals surface area contributed by atoms with Crippen LogP contribution >= 0.6 is 0 Å². The Morgan fingerprint density at radius 3 is 2.00 bits per heavy atom. The first-order valence-corrected chi connectivity index (χ1v) is 10.1. The number of hydrogen-bond donors (Lipinski definition) is 0. The first-order valence-electron chi connectivity index (χ1n) is 8.30. The van der Waals surface area contributed by atoms with E-state index in [0.717, 1.165) is 11.8 Å². The second kappa shape index (κ2) is 8.57. The number of benzene rings is 1. The maximum Gasteiger partial charge on any atom is 0.338 e. The molecule has 1 fully saturated rings. The fourth-order valence-corrected chi connectivity index (χ4v) is 3.60. The molecule has 1 aromatic rings. The van der Waals surface area contributed by atoms with Gasteiger partial charge in [-0.25, -0.2) is 13.2 Å². The molecule has 0 aliphatic carbocycles. The summed E-state index contributed by atoms with van der Waals surface area (Å²) >= 11 is 0. The highest BCUT2D eigenvalue weighted by molar-refractivity contribution is 7.88. The van der Waals surface area contributed by atoms with Gasteiger partial charge in [0.25, 0.3) is 5.91 Å². The lowest BCUT2D eigenvalue weighted by Crippen LogP contribution is -2.51. The Hall–Kier alpha value is -2.33. The molecule has 0 radical (unpaired) electrons. The highest BCUT2D eigenvalue weighted by Crippen LogP contribution is 2.29. The molecule has 2 rings (SSSR count). The summed E-state index contributed by atoms with van der Waals surface area (Å²) in [4.78, 5) is 26.0. The average molecular weight is 400 g/mol. The van der Waals surface area contributed by atoms with Gasteiger partial charge in [0.2, 0.25) is 10.0 Å². The summed E-state index contributed by atoms with van der Waals surface area (Å²) in [7, 11) is -0.302. The van der Waals surface area contributed by atoms with E-state index in [0.29, 0.717) is 11.5 Å². The molecule has 0 N–H and O–H groups in total. The van der Waals surface area contributed by atoms with Crippen molar-refractivity contribution >= 4 is 21.9 Å². The molecule has 0 saturated carbocycles. The van der Waals surface area contributed by atoms with Crippen LogP contribution in [0.3, 0.4) is 0 Å². The van der Waals surface area contributed by atoms with Gasteiger partial charge < -0.3 is 19.1 Å². The molecule has 9 nitrogen and oxygen atoms in total. The average Bonchev–Trinajstić information content (AvgIpc) is 2.65. The molecule has 0 unspecified atom stereocenters. The van der Waals surface area contributed by atoms with Gasteiger partial charge in [-0.2, -0.15) is 4.31 Å². The zero-order valence-electron chi connectivity index (χ0n) is 15.9. The predicted octanol–water partition coefficient (Wildman–Crippen LogP) is 0.273. The summed E-state index contributed by atoms with van der Waals surface area (Å²) in [6.07, 6.45) is 1.14. The monoisotopic (exact) mass is 400 g/mol. The smallest absolute Gasteiger partial charge is 0.338 e. The van der Waals surface area contributed by atoms with Crippen molar-refractivity contribution in [3.8, 4) is 11.5 Å². The van der Waals surface area contributed by atoms with Crippen LogP contribution in [0.2, 0.25) is 0 Å². The number of sulfonamides is 1. The van der Waals surface area contributed by atoms with Crippen LogP contribution in [0, 0.1) is 6.92 Å². The Kier molecular flexibility index (Phi) is 6.66. The first kappa shape index (κ1) is 21.0. The largest absolute Gasteiger partial charge is 0.496 e. The van der Waals surface area contributed by atoms with Gasteiger partial charge in [0, 0.05) is 31.7 Å². The molecule has 1 saturated heterocycles. The highest BCUT2D eigenvalue weighted by Gasteiger charge is 2.26. The van der Waals surface area contributed by atoms with Crippen molar-refractivity contribution in [2.24, 2.45) is 0 Å². The second-order valence-corrected chi connectivity index (χ2v) is 8.11. The molecule has 27 heavy (non-hydrogen) atoms. The van der Waals surface area contributed by atoms with Gasteiger partial charge in [-0.05, 0) is 19.1 Å². The lowest BCUT2D eigenvalue weighted by atomic mass is 10.1. The van der Waals surface area contributed by atoms with E-state index < -0.39 is 22.6 Å². The van der Waals surface area contributed by atoms with Gasteiger partial charge in [0.15, 0.2) is 6.61 Å². The van der Waals surface area contributed by atoms with E-state index in [2.05, 4.69) is 0 Å². The second-order valence-electron chi connectivity index (χ2n) is 6.12. The standard InChI is InChI=1S/C17H24N2O7S/c1-12-14(24-2)9-13(10-15(12)25-3)17(21)26-11-16(20)18-5-7-19(8-6-18)27(4,22)23/h9-10H,5-8,11H2,1-4H3. The summed E-state index contributed by atoms with van der Waals surface area (Å²) in [5.41, 5.74) is 0.959. The van der Waals surface area contributed by atoms with Gasteiger partial charge in [-0.3, -0.25) is 4.79 Å². The molecule has 150 valence electrons. The number of methoxy groups -OCH3 is 2. The summed E-state index contributed by atoms with van der Waals surface area (Å²) < 4.78 is 39.8. The zero-order chi connectivity index (χ0) is 20.2. The fourth-order valence-electron chi connectivity index (χ4n) is 2.78. The van der Waals surface area contributed by atoms with Crippen molar-refractivity contribution < 1.29 is 32.2 Å². The van der Waals surface area contributed by atoms with Gasteiger partial charge in [0.1, 0.15) is 11.5 Å². The van der Waals surface area contributed by atoms with Crippen molar-refractivity contribution in [1.29, 1.82) is 0 Å². The number of nitrogens with zero attached hydrogens (tertiary/aromatic N) is 2. The number of hydrogen-bond acceptors (Lipinski definition) is 7. The van der Waals surface area contributed by atoms with Crippen LogP contribution in [0.5, 0.6) is 11.5 Å². The van der Waals surface area contributed by atoms with E-state index in [-0.39, 0.29) is 37.6 Å². The van der Waals surface area contributed by atoms with E-state index in [9.17, 15) is 18.0 Å². The molecule has 1 heterocycles. The molecule has 1 aliphatic heterocycles. The molecule has 1 aromatic carbocycles. The number of esters is 1. The van der Waals surface area contributed by atoms with Crippen LogP contribution in [-0.2, 0) is 19.6 Å². The molecular formula is C17H24N2O7S. The number of ether oxygens (including phenoxy) is 3. The highest BCUT2D eigenvalue weighted by atomic mass is 32.2. The third kappa shape index (κ3) is 5.10. The Morgan fingerprint density at radius 2 is 1.56 bits per heavy atom. The lowest BCUT2D eigenvalue weighted by molar-refractivity contribution is -0.135. The summed E-state index contributed by atoms with van der Waals surface area (Å²) in [6, 6.07) is 3.05. The third-order valence-corrected chi connectivity index (χ3v) is 5.68. The van der Waals surface area contributed by atoms with Crippen molar-refractivity contribution in [2.75, 3.05) is 53.3 Å². The molecule has 0 aromatic heterocycles. The van der Waals surface area contributed by atoms with Crippen LogP contribution in [0.4, 0.5) is 0 Å². The Balaban J connectivity index is 1.95. The van der Waals surface area contributed by atoms with Gasteiger partial charge in [-0.15, -0.1) is 0 Å². The van der Waals surface area contributed by atoms with E-state index in [1.165, 1.54) is 35.6 Å². The third-order valence-electron chi connectivity index (χ3n) is 4.38. The molecule has 0 bridgehead atoms. The van der Waals surface area contributed by atoms with E-state index in [4.69, 9.17) is 14.2 Å².